The summed E-state index contributed by atoms with van der Waals surface area (Å²) < 4.78 is 1.51. The SMILES string of the molecule is CN1CCC(n2c(N)nnc2SCC(=O)O)C1=O. The number of nitrogens with two attached hydrogens (primary N) is 1. The number of carboxylic acids is 1. The lowest BCUT2D eigenvalue weighted by Gasteiger charge is -2.14. The van der Waals surface area contributed by atoms with E-state index in [4.69, 9.17) is 10.8 Å². The van der Waals surface area contributed by atoms with E-state index in [0.717, 1.165) is 11.8 Å². The van der Waals surface area contributed by atoms with Gasteiger partial charge in [0, 0.05) is 13.6 Å². The highest BCUT2D eigenvalue weighted by atomic mass is 32.2. The van der Waals surface area contributed by atoms with Crippen LogP contribution in [0.1, 0.15) is 12.5 Å². The third-order valence-electron chi connectivity index (χ3n) is 2.73. The normalized spacial score (nSPS) is 19.5. The number of thioether (sulfide) groups is 1. The van der Waals surface area contributed by atoms with Crippen LogP contribution in [0.3, 0.4) is 0 Å². The molecule has 1 atom stereocenters. The van der Waals surface area contributed by atoms with E-state index >= 15 is 0 Å². The predicted molar refractivity (Wildman–Crippen MR) is 64.1 cm³/mol. The summed E-state index contributed by atoms with van der Waals surface area (Å²) in [5.41, 5.74) is 5.69. The Hall–Kier alpha value is -1.77. The van der Waals surface area contributed by atoms with Gasteiger partial charge in [-0.05, 0) is 6.42 Å². The van der Waals surface area contributed by atoms with Crippen molar-refractivity contribution < 1.29 is 14.7 Å². The number of likely N-dealkylation sites (N-methyl/N-ethyl adjacent to an activating group) is 1. The average molecular weight is 271 g/mol. The number of nitrogen functional groups attached to an aromatic ring is 1. The first-order chi connectivity index (χ1) is 8.50. The molecule has 18 heavy (non-hydrogen) atoms. The Morgan fingerprint density at radius 2 is 2.33 bits per heavy atom. The quantitative estimate of drug-likeness (QED) is 0.705. The minimum absolute atomic E-state index is 0.0568. The molecule has 1 unspecified atom stereocenters. The molecule has 1 saturated heterocycles. The molecule has 1 aromatic rings. The molecule has 9 heteroatoms. The molecule has 1 aliphatic heterocycles. The predicted octanol–water partition coefficient (Wildman–Crippen LogP) is -0.560. The summed E-state index contributed by atoms with van der Waals surface area (Å²) >= 11 is 1.01. The molecule has 1 fully saturated rings. The van der Waals surface area contributed by atoms with Crippen molar-refractivity contribution in [3.05, 3.63) is 0 Å². The maximum absolute atomic E-state index is 11.9. The number of hydrogen-bond acceptors (Lipinski definition) is 6. The molecular formula is C9H13N5O3S. The van der Waals surface area contributed by atoms with Gasteiger partial charge in [-0.2, -0.15) is 0 Å². The molecule has 0 bridgehead atoms. The molecule has 0 radical (unpaired) electrons. The Labute approximate surface area is 107 Å². The summed E-state index contributed by atoms with van der Waals surface area (Å²) in [5.74, 6) is -1.02. The minimum Gasteiger partial charge on any atom is -0.481 e. The van der Waals surface area contributed by atoms with E-state index in [-0.39, 0.29) is 17.6 Å². The average Bonchev–Trinajstić information content (AvgIpc) is 2.82. The van der Waals surface area contributed by atoms with Crippen molar-refractivity contribution in [2.24, 2.45) is 0 Å². The number of aromatic nitrogens is 3. The lowest BCUT2D eigenvalue weighted by molar-refractivity contribution is -0.134. The Morgan fingerprint density at radius 1 is 1.61 bits per heavy atom. The van der Waals surface area contributed by atoms with Crippen molar-refractivity contribution in [2.75, 3.05) is 25.1 Å². The Balaban J connectivity index is 2.24. The highest BCUT2D eigenvalue weighted by Crippen LogP contribution is 2.29. The van der Waals surface area contributed by atoms with E-state index < -0.39 is 12.0 Å². The number of nitrogens with zero attached hydrogens (tertiary/aromatic N) is 4. The number of carboxylic acid groups (broad SMARTS) is 1. The van der Waals surface area contributed by atoms with Crippen LogP contribution in [0.15, 0.2) is 5.16 Å². The number of likely N-dealkylation sites (tertiary alicyclic amines) is 1. The van der Waals surface area contributed by atoms with E-state index in [9.17, 15) is 9.59 Å². The highest BCUT2D eigenvalue weighted by Gasteiger charge is 2.33. The number of carbonyl (C=O) groups is 2. The molecule has 1 aliphatic rings. The largest absolute Gasteiger partial charge is 0.481 e. The van der Waals surface area contributed by atoms with Gasteiger partial charge in [-0.25, -0.2) is 0 Å². The molecule has 98 valence electrons. The van der Waals surface area contributed by atoms with Crippen LogP contribution in [0.4, 0.5) is 5.95 Å². The van der Waals surface area contributed by atoms with Crippen molar-refractivity contribution in [3.63, 3.8) is 0 Å². The molecule has 1 amide bonds. The first-order valence-electron chi connectivity index (χ1n) is 5.30. The van der Waals surface area contributed by atoms with Crippen molar-refractivity contribution in [1.82, 2.24) is 19.7 Å². The number of hydrogen-bond donors (Lipinski definition) is 2. The summed E-state index contributed by atoms with van der Waals surface area (Å²) in [6.07, 6.45) is 0.623. The molecule has 2 rings (SSSR count). The molecule has 0 aromatic carbocycles. The van der Waals surface area contributed by atoms with Gasteiger partial charge >= 0.3 is 5.97 Å². The van der Waals surface area contributed by atoms with Crippen LogP contribution in [-0.2, 0) is 9.59 Å². The van der Waals surface area contributed by atoms with Crippen LogP contribution < -0.4 is 5.73 Å². The maximum Gasteiger partial charge on any atom is 0.313 e. The van der Waals surface area contributed by atoms with Gasteiger partial charge in [0.2, 0.25) is 11.9 Å². The Bertz CT molecular complexity index is 489. The summed E-state index contributed by atoms with van der Waals surface area (Å²) in [4.78, 5) is 24.1. The van der Waals surface area contributed by atoms with Crippen LogP contribution in [0.2, 0.25) is 0 Å². The first kappa shape index (κ1) is 12.7. The molecule has 0 saturated carbocycles. The van der Waals surface area contributed by atoms with Gasteiger partial charge in [-0.3, -0.25) is 14.2 Å². The molecule has 2 heterocycles. The van der Waals surface area contributed by atoms with Gasteiger partial charge in [0.25, 0.3) is 0 Å². The van der Waals surface area contributed by atoms with E-state index in [1.165, 1.54) is 4.57 Å². The fourth-order valence-electron chi connectivity index (χ4n) is 1.85. The third kappa shape index (κ3) is 2.26. The van der Waals surface area contributed by atoms with E-state index in [2.05, 4.69) is 10.2 Å². The van der Waals surface area contributed by atoms with Crippen LogP contribution in [-0.4, -0.2) is 56.0 Å². The third-order valence-corrected chi connectivity index (χ3v) is 3.65. The smallest absolute Gasteiger partial charge is 0.313 e. The van der Waals surface area contributed by atoms with Crippen molar-refractivity contribution in [1.29, 1.82) is 0 Å². The lowest BCUT2D eigenvalue weighted by atomic mass is 10.2. The molecule has 8 nitrogen and oxygen atoms in total. The van der Waals surface area contributed by atoms with Crippen molar-refractivity contribution in [3.8, 4) is 0 Å². The fraction of sp³-hybridized carbons (Fsp3) is 0.556. The maximum atomic E-state index is 11.9. The number of amides is 1. The van der Waals surface area contributed by atoms with Crippen LogP contribution >= 0.6 is 11.8 Å². The fourth-order valence-corrected chi connectivity index (χ4v) is 2.56. The Morgan fingerprint density at radius 3 is 2.89 bits per heavy atom. The monoisotopic (exact) mass is 271 g/mol. The zero-order chi connectivity index (χ0) is 13.3. The van der Waals surface area contributed by atoms with Gasteiger partial charge in [0.15, 0.2) is 5.16 Å². The second-order valence-electron chi connectivity index (χ2n) is 3.96. The zero-order valence-electron chi connectivity index (χ0n) is 9.74. The summed E-state index contributed by atoms with van der Waals surface area (Å²) in [7, 11) is 1.72. The molecule has 0 spiro atoms. The standard InChI is InChI=1S/C9H13N5O3S/c1-13-3-2-5(7(13)17)14-8(10)11-12-9(14)18-4-6(15)16/h5H,2-4H2,1H3,(H2,10,11)(H,15,16). The second-order valence-corrected chi connectivity index (χ2v) is 4.90. The van der Waals surface area contributed by atoms with E-state index in [1.54, 1.807) is 11.9 Å². The van der Waals surface area contributed by atoms with Gasteiger partial charge < -0.3 is 15.7 Å². The number of aliphatic carboxylic acids is 1. The minimum atomic E-state index is -0.956. The van der Waals surface area contributed by atoms with Crippen molar-refractivity contribution >= 4 is 29.6 Å². The molecule has 0 aliphatic carbocycles. The number of rotatable bonds is 4. The summed E-state index contributed by atoms with van der Waals surface area (Å²) in [6, 6.07) is -0.429. The highest BCUT2D eigenvalue weighted by molar-refractivity contribution is 7.99. The topological polar surface area (TPSA) is 114 Å². The first-order valence-corrected chi connectivity index (χ1v) is 6.29. The Kier molecular flexibility index (Phi) is 3.41. The van der Waals surface area contributed by atoms with Crippen LogP contribution in [0.25, 0.3) is 0 Å². The van der Waals surface area contributed by atoms with Gasteiger partial charge in [-0.1, -0.05) is 11.8 Å². The van der Waals surface area contributed by atoms with Gasteiger partial charge in [0.1, 0.15) is 6.04 Å². The van der Waals surface area contributed by atoms with Gasteiger partial charge in [-0.15, -0.1) is 10.2 Å². The van der Waals surface area contributed by atoms with E-state index in [1.807, 2.05) is 0 Å². The lowest BCUT2D eigenvalue weighted by Crippen LogP contribution is -2.25. The molecular weight excluding hydrogens is 258 g/mol. The van der Waals surface area contributed by atoms with Gasteiger partial charge in [0.05, 0.1) is 5.75 Å². The summed E-state index contributed by atoms with van der Waals surface area (Å²) in [6.45, 7) is 0.643. The number of anilines is 1. The molecule has 3 N–H and O–H groups in total. The number of carbonyl (C=O) groups excluding carboxylic acids is 1. The summed E-state index contributed by atoms with van der Waals surface area (Å²) in [5, 5.41) is 16.5. The van der Waals surface area contributed by atoms with Crippen molar-refractivity contribution in [2.45, 2.75) is 17.6 Å². The van der Waals surface area contributed by atoms with E-state index in [0.29, 0.717) is 18.1 Å². The second kappa shape index (κ2) is 4.84. The zero-order valence-corrected chi connectivity index (χ0v) is 10.6. The van der Waals surface area contributed by atoms with Crippen LogP contribution in [0, 0.1) is 0 Å². The van der Waals surface area contributed by atoms with Crippen LogP contribution in [0.5, 0.6) is 0 Å². The molecule has 1 aromatic heterocycles.